The summed E-state index contributed by atoms with van der Waals surface area (Å²) in [7, 11) is -3.98. The summed E-state index contributed by atoms with van der Waals surface area (Å²) < 4.78 is 27.1. The van der Waals surface area contributed by atoms with Crippen molar-refractivity contribution in [2.75, 3.05) is 6.61 Å². The third-order valence-corrected chi connectivity index (χ3v) is 5.14. The Morgan fingerprint density at radius 3 is 2.47 bits per heavy atom. The van der Waals surface area contributed by atoms with E-state index < -0.39 is 28.6 Å². The first kappa shape index (κ1) is 16.6. The molecule has 0 radical (unpaired) electrons. The van der Waals surface area contributed by atoms with Gasteiger partial charge in [0.25, 0.3) is 0 Å². The molecule has 1 atom stereocenters. The molecule has 0 saturated heterocycles. The first-order valence-electron chi connectivity index (χ1n) is 5.09. The van der Waals surface area contributed by atoms with Crippen LogP contribution in [0.2, 0.25) is 0 Å². The predicted octanol–water partition coefficient (Wildman–Crippen LogP) is 1.33. The summed E-state index contributed by atoms with van der Waals surface area (Å²) in [6.45, 7) is -0.430. The number of hydrogen-bond donors (Lipinski definition) is 3. The second-order valence-electron chi connectivity index (χ2n) is 3.60. The minimum Gasteiger partial charge on any atom is -0.480 e. The molecule has 0 amide bonds. The normalized spacial score (nSPS) is 13.2. The zero-order valence-electron chi connectivity index (χ0n) is 9.51. The second-order valence-corrected chi connectivity index (χ2v) is 7.05. The number of halogens is 2. The average molecular weight is 417 g/mol. The van der Waals surface area contributed by atoms with E-state index in [9.17, 15) is 13.2 Å². The minimum atomic E-state index is -3.98. The first-order chi connectivity index (χ1) is 8.77. The molecule has 1 aromatic carbocycles. The molecule has 0 fully saturated rings. The molecule has 0 aromatic heterocycles. The van der Waals surface area contributed by atoms with Crippen LogP contribution in [0.4, 0.5) is 0 Å². The zero-order valence-corrected chi connectivity index (χ0v) is 13.5. The highest BCUT2D eigenvalue weighted by molar-refractivity contribution is 9.11. The van der Waals surface area contributed by atoms with Crippen molar-refractivity contribution in [2.45, 2.75) is 17.4 Å². The van der Waals surface area contributed by atoms with E-state index in [1.54, 1.807) is 0 Å². The number of aliphatic hydroxyl groups is 1. The van der Waals surface area contributed by atoms with Gasteiger partial charge >= 0.3 is 5.97 Å². The van der Waals surface area contributed by atoms with Crippen molar-refractivity contribution >= 4 is 47.9 Å². The summed E-state index contributed by atoms with van der Waals surface area (Å²) in [6.07, 6.45) is -0.206. The van der Waals surface area contributed by atoms with Crippen LogP contribution >= 0.6 is 31.9 Å². The van der Waals surface area contributed by atoms with Crippen LogP contribution in [0.1, 0.15) is 6.42 Å². The Kier molecular flexibility index (Phi) is 5.93. The van der Waals surface area contributed by atoms with Crippen molar-refractivity contribution in [2.24, 2.45) is 0 Å². The average Bonchev–Trinajstić information content (AvgIpc) is 2.27. The molecule has 1 rings (SSSR count). The number of sulfonamides is 1. The number of aliphatic hydroxyl groups excluding tert-OH is 1. The highest BCUT2D eigenvalue weighted by Gasteiger charge is 2.26. The zero-order chi connectivity index (χ0) is 14.6. The number of benzene rings is 1. The van der Waals surface area contributed by atoms with Gasteiger partial charge in [-0.05, 0) is 40.5 Å². The predicted molar refractivity (Wildman–Crippen MR) is 75.3 cm³/mol. The van der Waals surface area contributed by atoms with Gasteiger partial charge in [-0.2, -0.15) is 4.72 Å². The molecule has 1 aromatic rings. The van der Waals surface area contributed by atoms with Crippen LogP contribution in [-0.2, 0) is 14.8 Å². The summed E-state index contributed by atoms with van der Waals surface area (Å²) in [6, 6.07) is 3.04. The van der Waals surface area contributed by atoms with Crippen LogP contribution in [0.25, 0.3) is 0 Å². The number of nitrogens with one attached hydrogen (secondary N) is 1. The van der Waals surface area contributed by atoms with Gasteiger partial charge in [-0.3, -0.25) is 4.79 Å². The van der Waals surface area contributed by atoms with E-state index in [0.29, 0.717) is 8.95 Å². The fourth-order valence-electron chi connectivity index (χ4n) is 1.31. The fourth-order valence-corrected chi connectivity index (χ4v) is 4.28. The van der Waals surface area contributed by atoms with Gasteiger partial charge in [-0.15, -0.1) is 0 Å². The van der Waals surface area contributed by atoms with Gasteiger partial charge in [0.1, 0.15) is 6.04 Å². The molecule has 0 aliphatic rings. The standard InChI is InChI=1S/C10H11Br2NO5S/c11-6-1-2-9(7(12)5-6)19(17,18)13-8(3-4-14)10(15)16/h1-2,5,8,13-14H,3-4H2,(H,15,16). The fraction of sp³-hybridized carbons (Fsp3) is 0.300. The van der Waals surface area contributed by atoms with Crippen LogP contribution in [0.5, 0.6) is 0 Å². The molecule has 0 spiro atoms. The van der Waals surface area contributed by atoms with Crippen molar-refractivity contribution in [3.63, 3.8) is 0 Å². The number of carbonyl (C=O) groups is 1. The lowest BCUT2D eigenvalue weighted by atomic mass is 10.2. The van der Waals surface area contributed by atoms with Crippen molar-refractivity contribution in [3.8, 4) is 0 Å². The molecule has 0 aliphatic carbocycles. The molecule has 0 saturated carbocycles. The minimum absolute atomic E-state index is 0.0695. The van der Waals surface area contributed by atoms with Gasteiger partial charge in [-0.1, -0.05) is 15.9 Å². The lowest BCUT2D eigenvalue weighted by Gasteiger charge is -2.14. The van der Waals surface area contributed by atoms with Gasteiger partial charge in [-0.25, -0.2) is 8.42 Å². The Morgan fingerprint density at radius 1 is 1.37 bits per heavy atom. The molecular weight excluding hydrogens is 406 g/mol. The van der Waals surface area contributed by atoms with E-state index in [4.69, 9.17) is 10.2 Å². The highest BCUT2D eigenvalue weighted by Crippen LogP contribution is 2.25. The molecule has 106 valence electrons. The quantitative estimate of drug-likeness (QED) is 0.648. The topological polar surface area (TPSA) is 104 Å². The molecule has 0 bridgehead atoms. The molecular formula is C10H11Br2NO5S. The molecule has 0 heterocycles. The smallest absolute Gasteiger partial charge is 0.321 e. The maximum absolute atomic E-state index is 12.1. The van der Waals surface area contributed by atoms with Crippen molar-refractivity contribution in [1.82, 2.24) is 4.72 Å². The summed E-state index contributed by atoms with van der Waals surface area (Å²) >= 11 is 6.29. The molecule has 0 aliphatic heterocycles. The highest BCUT2D eigenvalue weighted by atomic mass is 79.9. The van der Waals surface area contributed by atoms with Crippen molar-refractivity contribution in [3.05, 3.63) is 27.1 Å². The van der Waals surface area contributed by atoms with Crippen LogP contribution in [-0.4, -0.2) is 37.2 Å². The second kappa shape index (κ2) is 6.80. The third-order valence-electron chi connectivity index (χ3n) is 2.20. The summed E-state index contributed by atoms with van der Waals surface area (Å²) in [4.78, 5) is 10.8. The van der Waals surface area contributed by atoms with Gasteiger partial charge in [0.15, 0.2) is 0 Å². The SMILES string of the molecule is O=C(O)C(CCO)NS(=O)(=O)c1ccc(Br)cc1Br. The van der Waals surface area contributed by atoms with E-state index in [1.807, 2.05) is 4.72 Å². The van der Waals surface area contributed by atoms with Gasteiger partial charge in [0.2, 0.25) is 10.0 Å². The van der Waals surface area contributed by atoms with Crippen molar-refractivity contribution < 1.29 is 23.4 Å². The number of carboxylic acids is 1. The van der Waals surface area contributed by atoms with Crippen LogP contribution < -0.4 is 4.72 Å². The Hall–Kier alpha value is -0.480. The first-order valence-corrected chi connectivity index (χ1v) is 8.16. The van der Waals surface area contributed by atoms with Crippen LogP contribution in [0.15, 0.2) is 32.0 Å². The Morgan fingerprint density at radius 2 is 2.00 bits per heavy atom. The number of rotatable bonds is 6. The van der Waals surface area contributed by atoms with E-state index in [0.717, 1.165) is 0 Å². The Bertz CT molecular complexity index is 575. The monoisotopic (exact) mass is 415 g/mol. The van der Waals surface area contributed by atoms with E-state index in [2.05, 4.69) is 31.9 Å². The Labute approximate surface area is 127 Å². The summed E-state index contributed by atoms with van der Waals surface area (Å²) in [5.41, 5.74) is 0. The summed E-state index contributed by atoms with van der Waals surface area (Å²) in [5.74, 6) is -1.34. The van der Waals surface area contributed by atoms with Crippen LogP contribution in [0.3, 0.4) is 0 Å². The maximum atomic E-state index is 12.1. The maximum Gasteiger partial charge on any atom is 0.321 e. The molecule has 6 nitrogen and oxygen atoms in total. The van der Waals surface area contributed by atoms with Gasteiger partial charge in [0, 0.05) is 15.6 Å². The number of carboxylic acid groups (broad SMARTS) is 1. The molecule has 19 heavy (non-hydrogen) atoms. The number of aliphatic carboxylic acids is 1. The van der Waals surface area contributed by atoms with Crippen molar-refractivity contribution in [1.29, 1.82) is 0 Å². The van der Waals surface area contributed by atoms with Crippen LogP contribution in [0, 0.1) is 0 Å². The van der Waals surface area contributed by atoms with E-state index in [-0.39, 0.29) is 11.3 Å². The Balaban J connectivity index is 3.06. The molecule has 3 N–H and O–H groups in total. The van der Waals surface area contributed by atoms with E-state index >= 15 is 0 Å². The lowest BCUT2D eigenvalue weighted by molar-refractivity contribution is -0.139. The van der Waals surface area contributed by atoms with Gasteiger partial charge in [0.05, 0.1) is 4.90 Å². The van der Waals surface area contributed by atoms with Gasteiger partial charge < -0.3 is 10.2 Å². The summed E-state index contributed by atoms with van der Waals surface area (Å²) in [5, 5.41) is 17.6. The molecule has 9 heteroatoms. The molecule has 1 unspecified atom stereocenters. The largest absolute Gasteiger partial charge is 0.480 e. The lowest BCUT2D eigenvalue weighted by Crippen LogP contribution is -2.41. The number of hydrogen-bond acceptors (Lipinski definition) is 4. The third kappa shape index (κ3) is 4.53. The van der Waals surface area contributed by atoms with E-state index in [1.165, 1.54) is 18.2 Å².